The van der Waals surface area contributed by atoms with Crippen LogP contribution in [0.15, 0.2) is 30.3 Å². The Morgan fingerprint density at radius 1 is 1.24 bits per heavy atom. The van der Waals surface area contributed by atoms with E-state index < -0.39 is 0 Å². The minimum atomic E-state index is 0.249. The monoisotopic (exact) mass is 295 g/mol. The van der Waals surface area contributed by atoms with Gasteiger partial charge in [0.1, 0.15) is 0 Å². The average Bonchev–Trinajstić information content (AvgIpc) is 2.37. The molecule has 2 heteroatoms. The van der Waals surface area contributed by atoms with Crippen LogP contribution >= 0.6 is 0 Å². The van der Waals surface area contributed by atoms with Crippen molar-refractivity contribution in [3.05, 3.63) is 30.3 Å². The Bertz CT molecular complexity index is 355. The van der Waals surface area contributed by atoms with Gasteiger partial charge in [-0.1, -0.05) is 0 Å². The molecule has 17 heavy (non-hydrogen) atoms. The van der Waals surface area contributed by atoms with Crippen LogP contribution in [0.4, 0.5) is 0 Å². The quantitative estimate of drug-likeness (QED) is 0.704. The number of benzene rings is 1. The summed E-state index contributed by atoms with van der Waals surface area (Å²) in [5.41, 5.74) is 0. The topological polar surface area (TPSA) is 23.8 Å². The molecule has 1 aromatic rings. The zero-order valence-corrected chi connectivity index (χ0v) is 12.5. The molecule has 1 aromatic carbocycles. The van der Waals surface area contributed by atoms with Gasteiger partial charge in [0.15, 0.2) is 0 Å². The summed E-state index contributed by atoms with van der Waals surface area (Å²) in [5, 5.41) is 9.07. The number of nitriles is 1. The molecular weight excluding hydrogens is 273 g/mol. The normalized spacial score (nSPS) is 13.9. The number of nitrogens with zero attached hydrogens (tertiary/aromatic N) is 1. The molecule has 1 nitrogen and oxygen atoms in total. The van der Waals surface area contributed by atoms with Crippen LogP contribution in [0.2, 0.25) is 4.31 Å². The molecule has 92 valence electrons. The summed E-state index contributed by atoms with van der Waals surface area (Å²) in [6, 6.07) is 13.1. The Labute approximate surface area is 111 Å². The van der Waals surface area contributed by atoms with Crippen LogP contribution in [0, 0.1) is 11.3 Å². The van der Waals surface area contributed by atoms with Crippen molar-refractivity contribution in [2.24, 2.45) is 0 Å². The summed E-state index contributed by atoms with van der Waals surface area (Å²) in [6.45, 7) is 4.46. The van der Waals surface area contributed by atoms with Crippen molar-refractivity contribution < 1.29 is 0 Å². The molecule has 0 aromatic heterocycles. The van der Waals surface area contributed by atoms with Gasteiger partial charge in [-0.2, -0.15) is 0 Å². The molecule has 0 saturated carbocycles. The molecule has 0 N–H and O–H groups in total. The minimum absolute atomic E-state index is 0.249. The Morgan fingerprint density at radius 3 is 2.47 bits per heavy atom. The van der Waals surface area contributed by atoms with Crippen molar-refractivity contribution in [3.8, 4) is 6.07 Å². The van der Waals surface area contributed by atoms with Crippen LogP contribution in [0.1, 0.15) is 46.0 Å². The maximum atomic E-state index is 9.07. The third-order valence-electron chi connectivity index (χ3n) is 3.11. The zero-order valence-electron chi connectivity index (χ0n) is 10.8. The maximum absolute atomic E-state index is 9.07. The molecule has 1 atom stereocenters. The summed E-state index contributed by atoms with van der Waals surface area (Å²) in [7, 11) is 0. The van der Waals surface area contributed by atoms with Crippen LogP contribution in [0.3, 0.4) is 0 Å². The second-order valence-electron chi connectivity index (χ2n) is 4.39. The van der Waals surface area contributed by atoms with E-state index in [1.165, 1.54) is 23.7 Å². The second-order valence-corrected chi connectivity index (χ2v) is 7.62. The first-order valence-electron chi connectivity index (χ1n) is 6.37. The van der Waals surface area contributed by atoms with E-state index in [1.54, 1.807) is 0 Å². The first-order valence-corrected chi connectivity index (χ1v) is 8.08. The summed E-state index contributed by atoms with van der Waals surface area (Å²) in [5.74, 6) is 0. The molecule has 0 aliphatic carbocycles. The molecule has 1 unspecified atom stereocenters. The number of hydrogen-bond donors (Lipinski definition) is 0. The summed E-state index contributed by atoms with van der Waals surface area (Å²) >= 11 is 0.411. The van der Waals surface area contributed by atoms with Crippen LogP contribution in [-0.2, 0) is 0 Å². The van der Waals surface area contributed by atoms with Crippen molar-refractivity contribution in [2.45, 2.75) is 50.3 Å². The van der Waals surface area contributed by atoms with Gasteiger partial charge in [0.05, 0.1) is 0 Å². The van der Waals surface area contributed by atoms with Crippen molar-refractivity contribution in [1.82, 2.24) is 0 Å². The van der Waals surface area contributed by atoms with Gasteiger partial charge in [-0.3, -0.25) is 0 Å². The van der Waals surface area contributed by atoms with Crippen LogP contribution in [0.25, 0.3) is 0 Å². The van der Waals surface area contributed by atoms with Gasteiger partial charge in [0, 0.05) is 0 Å². The number of hydrogen-bond acceptors (Lipinski definition) is 1. The Hall–Kier alpha value is -0.771. The predicted octanol–water partition coefficient (Wildman–Crippen LogP) is 3.69. The van der Waals surface area contributed by atoms with E-state index in [1.807, 2.05) is 0 Å². The van der Waals surface area contributed by atoms with Gasteiger partial charge in [0.2, 0.25) is 0 Å². The summed E-state index contributed by atoms with van der Waals surface area (Å²) in [6.07, 6.45) is 5.48. The van der Waals surface area contributed by atoms with E-state index in [0.717, 1.165) is 6.42 Å². The zero-order chi connectivity index (χ0) is 12.6. The fourth-order valence-electron chi connectivity index (χ4n) is 1.93. The van der Waals surface area contributed by atoms with Gasteiger partial charge < -0.3 is 0 Å². The molecule has 0 aliphatic heterocycles. The first kappa shape index (κ1) is 14.3. The average molecular weight is 294 g/mol. The van der Waals surface area contributed by atoms with Gasteiger partial charge >= 0.3 is 111 Å². The van der Waals surface area contributed by atoms with Gasteiger partial charge in [-0.25, -0.2) is 0 Å². The fourth-order valence-corrected chi connectivity index (χ4v) is 4.70. The summed E-state index contributed by atoms with van der Waals surface area (Å²) < 4.78 is 1.67. The van der Waals surface area contributed by atoms with Crippen LogP contribution in [-0.4, -0.2) is 15.0 Å². The third-order valence-corrected chi connectivity index (χ3v) is 6.42. The van der Waals surface area contributed by atoms with E-state index >= 15 is 0 Å². The van der Waals surface area contributed by atoms with Crippen molar-refractivity contribution in [3.63, 3.8) is 0 Å². The van der Waals surface area contributed by atoms with E-state index in [2.05, 4.69) is 50.2 Å². The van der Waals surface area contributed by atoms with Gasteiger partial charge in [-0.05, 0) is 0 Å². The van der Waals surface area contributed by atoms with E-state index in [-0.39, 0.29) is 4.31 Å². The first-order chi connectivity index (χ1) is 8.26. The molecule has 0 saturated heterocycles. The molecule has 0 spiro atoms. The molecule has 0 radical (unpaired) electrons. The molecule has 0 fully saturated rings. The Morgan fingerprint density at radius 2 is 1.94 bits per heavy atom. The standard InChI is InChI=1S/C15H21NSe/c1-3-5-11-15(4-2,12-13-16)17-14-9-7-6-8-10-14/h6-10H,3-5,11-12H2,1-2H3. The van der Waals surface area contributed by atoms with Crippen molar-refractivity contribution in [2.75, 3.05) is 0 Å². The SMILES string of the molecule is CCCCC(CC)(CC#N)[Se]c1ccccc1. The Kier molecular flexibility index (Phi) is 6.33. The molecule has 0 amide bonds. The number of unbranched alkanes of at least 4 members (excludes halogenated alkanes) is 1. The van der Waals surface area contributed by atoms with Crippen molar-refractivity contribution in [1.29, 1.82) is 5.26 Å². The molecule has 0 bridgehead atoms. The Balaban J connectivity index is 2.78. The van der Waals surface area contributed by atoms with E-state index in [4.69, 9.17) is 5.26 Å². The summed E-state index contributed by atoms with van der Waals surface area (Å²) in [4.78, 5) is 0. The number of rotatable bonds is 7. The molecule has 0 heterocycles. The van der Waals surface area contributed by atoms with Gasteiger partial charge in [0.25, 0.3) is 0 Å². The van der Waals surface area contributed by atoms with Crippen LogP contribution in [0.5, 0.6) is 0 Å². The third kappa shape index (κ3) is 4.54. The van der Waals surface area contributed by atoms with Crippen molar-refractivity contribution >= 4 is 19.4 Å². The fraction of sp³-hybridized carbons (Fsp3) is 0.533. The van der Waals surface area contributed by atoms with E-state index in [0.29, 0.717) is 21.4 Å². The van der Waals surface area contributed by atoms with E-state index in [9.17, 15) is 0 Å². The molecular formula is C15H21NSe. The molecule has 1 rings (SSSR count). The van der Waals surface area contributed by atoms with Crippen LogP contribution < -0.4 is 4.46 Å². The second kappa shape index (κ2) is 7.54. The van der Waals surface area contributed by atoms with Gasteiger partial charge in [-0.15, -0.1) is 0 Å². The predicted molar refractivity (Wildman–Crippen MR) is 74.6 cm³/mol. The molecule has 0 aliphatic rings.